The maximum absolute atomic E-state index is 14.0. The van der Waals surface area contributed by atoms with Crippen LogP contribution >= 0.6 is 0 Å². The zero-order valence-corrected chi connectivity index (χ0v) is 19.1. The summed E-state index contributed by atoms with van der Waals surface area (Å²) in [6, 6.07) is 7.39. The van der Waals surface area contributed by atoms with E-state index in [0.717, 1.165) is 34.7 Å². The molecule has 0 aliphatic carbocycles. The van der Waals surface area contributed by atoms with Gasteiger partial charge in [0.15, 0.2) is 23.3 Å². The molecule has 0 saturated carbocycles. The molecule has 2 aliphatic heterocycles. The summed E-state index contributed by atoms with van der Waals surface area (Å²) >= 11 is 0. The second kappa shape index (κ2) is 8.77. The molecule has 1 unspecified atom stereocenters. The van der Waals surface area contributed by atoms with E-state index in [4.69, 9.17) is 9.57 Å². The van der Waals surface area contributed by atoms with Crippen molar-refractivity contribution >= 4 is 11.9 Å². The molecule has 2 aliphatic rings. The normalized spacial score (nSPS) is 20.6. The number of aliphatic hydroxyl groups is 1. The van der Waals surface area contributed by atoms with E-state index in [0.29, 0.717) is 31.0 Å². The number of methoxy groups -OCH3 is 1. The second-order valence-electron chi connectivity index (χ2n) is 8.48. The number of aryl methyl sites for hydroxylation is 1. The van der Waals surface area contributed by atoms with Crippen LogP contribution in [0.2, 0.25) is 0 Å². The first-order valence-corrected chi connectivity index (χ1v) is 11.1. The fraction of sp³-hybridized carbons (Fsp3) is 0.280. The Labute approximate surface area is 199 Å². The molecule has 182 valence electrons. The highest BCUT2D eigenvalue weighted by molar-refractivity contribution is 6.03. The maximum Gasteiger partial charge on any atom is 0.260 e. The van der Waals surface area contributed by atoms with Crippen molar-refractivity contribution in [3.05, 3.63) is 82.7 Å². The van der Waals surface area contributed by atoms with Crippen LogP contribution in [0.1, 0.15) is 29.7 Å². The van der Waals surface area contributed by atoms with E-state index in [1.54, 1.807) is 18.3 Å². The molecule has 3 aromatic rings. The molecule has 3 heterocycles. The van der Waals surface area contributed by atoms with Gasteiger partial charge in [-0.05, 0) is 61.2 Å². The predicted molar refractivity (Wildman–Crippen MR) is 122 cm³/mol. The number of rotatable bonds is 5. The fourth-order valence-electron chi connectivity index (χ4n) is 4.53. The van der Waals surface area contributed by atoms with E-state index in [-0.39, 0.29) is 5.56 Å². The number of amidine groups is 1. The number of aromatic nitrogens is 2. The number of hydrogen-bond acceptors (Lipinski definition) is 6. The van der Waals surface area contributed by atoms with Gasteiger partial charge in [0.05, 0.1) is 24.8 Å². The standard InChI is InChI=1S/C25H23F3N4O3/c1-15-12-31(14-29-15)21-6-5-16(9-22(21)34-2)8-17-4-3-7-32-24(17)30-35-25(32,13-33)18-10-19(26)23(28)20(27)11-18/h5-6,8-12,14,33H,3-4,7,13H2,1-2H3/b17-8+. The molecule has 1 atom stereocenters. The van der Waals surface area contributed by atoms with Crippen LogP contribution < -0.4 is 4.74 Å². The molecular weight excluding hydrogens is 461 g/mol. The van der Waals surface area contributed by atoms with Crippen molar-refractivity contribution in [3.8, 4) is 11.4 Å². The Hall–Kier alpha value is -3.79. The van der Waals surface area contributed by atoms with Crippen molar-refractivity contribution in [2.24, 2.45) is 5.16 Å². The summed E-state index contributed by atoms with van der Waals surface area (Å²) in [6.45, 7) is 1.70. The Morgan fingerprint density at radius 3 is 2.63 bits per heavy atom. The number of nitrogens with zero attached hydrogens (tertiary/aromatic N) is 4. The monoisotopic (exact) mass is 484 g/mol. The summed E-state index contributed by atoms with van der Waals surface area (Å²) in [4.78, 5) is 11.5. The van der Waals surface area contributed by atoms with E-state index >= 15 is 0 Å². The van der Waals surface area contributed by atoms with E-state index in [2.05, 4.69) is 10.1 Å². The molecule has 10 heteroatoms. The number of hydrogen-bond donors (Lipinski definition) is 1. The summed E-state index contributed by atoms with van der Waals surface area (Å²) in [5, 5.41) is 14.4. The first-order chi connectivity index (χ1) is 16.9. The molecule has 7 nitrogen and oxygen atoms in total. The number of ether oxygens (including phenoxy) is 1. The largest absolute Gasteiger partial charge is 0.495 e. The van der Waals surface area contributed by atoms with Crippen LogP contribution in [0.4, 0.5) is 13.2 Å². The zero-order chi connectivity index (χ0) is 24.7. The van der Waals surface area contributed by atoms with Gasteiger partial charge >= 0.3 is 0 Å². The first-order valence-electron chi connectivity index (χ1n) is 11.1. The molecular formula is C25H23F3N4O3. The van der Waals surface area contributed by atoms with Gasteiger partial charge in [-0.1, -0.05) is 11.2 Å². The lowest BCUT2D eigenvalue weighted by Crippen LogP contribution is -2.51. The van der Waals surface area contributed by atoms with Crippen LogP contribution in [0, 0.1) is 24.4 Å². The summed E-state index contributed by atoms with van der Waals surface area (Å²) in [7, 11) is 1.59. The Bertz CT molecular complexity index is 1330. The number of piperidine rings is 1. The number of aliphatic hydroxyl groups excluding tert-OH is 1. The first kappa shape index (κ1) is 23.0. The average Bonchev–Trinajstić information content (AvgIpc) is 3.47. The lowest BCUT2D eigenvalue weighted by molar-refractivity contribution is -0.137. The molecule has 1 N–H and O–H groups in total. The SMILES string of the molecule is COc1cc(/C=C2\CCCN3C2=NOC3(CO)c2cc(F)c(F)c(F)c2)ccc1-n1cnc(C)c1. The van der Waals surface area contributed by atoms with Crippen LogP contribution in [0.5, 0.6) is 5.75 Å². The third-order valence-electron chi connectivity index (χ3n) is 6.27. The minimum atomic E-state index is -1.65. The molecule has 0 bridgehead atoms. The van der Waals surface area contributed by atoms with Crippen LogP contribution in [-0.2, 0) is 10.6 Å². The number of fused-ring (bicyclic) bond motifs is 1. The topological polar surface area (TPSA) is 72.1 Å². The fourth-order valence-corrected chi connectivity index (χ4v) is 4.53. The molecule has 1 aromatic heterocycles. The third-order valence-corrected chi connectivity index (χ3v) is 6.27. The highest BCUT2D eigenvalue weighted by Gasteiger charge is 2.50. The van der Waals surface area contributed by atoms with Gasteiger partial charge in [0.1, 0.15) is 12.4 Å². The van der Waals surface area contributed by atoms with E-state index in [1.807, 2.05) is 42.0 Å². The summed E-state index contributed by atoms with van der Waals surface area (Å²) in [6.07, 6.45) is 6.90. The summed E-state index contributed by atoms with van der Waals surface area (Å²) in [5.41, 5.74) is 1.68. The number of imidazole rings is 1. The average molecular weight is 484 g/mol. The van der Waals surface area contributed by atoms with E-state index in [9.17, 15) is 18.3 Å². The predicted octanol–water partition coefficient (Wildman–Crippen LogP) is 4.27. The highest BCUT2D eigenvalue weighted by atomic mass is 19.2. The Morgan fingerprint density at radius 1 is 1.20 bits per heavy atom. The maximum atomic E-state index is 14.0. The molecule has 0 spiro atoms. The van der Waals surface area contributed by atoms with Crippen LogP contribution in [0.3, 0.4) is 0 Å². The lowest BCUT2D eigenvalue weighted by Gasteiger charge is -2.38. The van der Waals surface area contributed by atoms with Gasteiger partial charge < -0.3 is 24.1 Å². The van der Waals surface area contributed by atoms with Crippen molar-refractivity contribution in [1.82, 2.24) is 14.5 Å². The molecule has 1 fully saturated rings. The van der Waals surface area contributed by atoms with Gasteiger partial charge in [-0.15, -0.1) is 0 Å². The highest BCUT2D eigenvalue weighted by Crippen LogP contribution is 2.41. The van der Waals surface area contributed by atoms with Crippen molar-refractivity contribution in [3.63, 3.8) is 0 Å². The quantitative estimate of drug-likeness (QED) is 0.548. The van der Waals surface area contributed by atoms with Crippen molar-refractivity contribution in [2.75, 3.05) is 20.3 Å². The van der Waals surface area contributed by atoms with E-state index < -0.39 is 29.8 Å². The molecule has 0 amide bonds. The number of halogens is 3. The van der Waals surface area contributed by atoms with Crippen LogP contribution in [0.15, 0.2) is 53.6 Å². The Morgan fingerprint density at radius 2 is 1.97 bits per heavy atom. The van der Waals surface area contributed by atoms with Gasteiger partial charge in [-0.25, -0.2) is 18.2 Å². The van der Waals surface area contributed by atoms with Gasteiger partial charge in [0.25, 0.3) is 5.72 Å². The van der Waals surface area contributed by atoms with E-state index in [1.165, 1.54) is 0 Å². The van der Waals surface area contributed by atoms with Gasteiger partial charge in [-0.2, -0.15) is 0 Å². The molecule has 5 rings (SSSR count). The Kier molecular flexibility index (Phi) is 5.76. The Balaban J connectivity index is 1.49. The number of oxime groups is 1. The zero-order valence-electron chi connectivity index (χ0n) is 19.1. The number of benzene rings is 2. The molecule has 1 saturated heterocycles. The van der Waals surface area contributed by atoms with Gasteiger partial charge in [0.2, 0.25) is 0 Å². The van der Waals surface area contributed by atoms with Crippen molar-refractivity contribution in [2.45, 2.75) is 25.5 Å². The molecule has 0 radical (unpaired) electrons. The minimum Gasteiger partial charge on any atom is -0.495 e. The van der Waals surface area contributed by atoms with Crippen LogP contribution in [-0.4, -0.2) is 45.7 Å². The van der Waals surface area contributed by atoms with Crippen molar-refractivity contribution < 1.29 is 27.9 Å². The second-order valence-corrected chi connectivity index (χ2v) is 8.48. The lowest BCUT2D eigenvalue weighted by atomic mass is 9.94. The minimum absolute atomic E-state index is 0.0574. The van der Waals surface area contributed by atoms with Gasteiger partial charge in [0, 0.05) is 18.3 Å². The smallest absolute Gasteiger partial charge is 0.260 e. The molecule has 35 heavy (non-hydrogen) atoms. The summed E-state index contributed by atoms with van der Waals surface area (Å²) in [5.74, 6) is -3.21. The summed E-state index contributed by atoms with van der Waals surface area (Å²) < 4.78 is 49.0. The van der Waals surface area contributed by atoms with Crippen molar-refractivity contribution in [1.29, 1.82) is 0 Å². The molecule has 2 aromatic carbocycles. The van der Waals surface area contributed by atoms with Gasteiger partial charge in [-0.3, -0.25) is 0 Å². The third kappa shape index (κ3) is 3.83. The van der Waals surface area contributed by atoms with Crippen LogP contribution in [0.25, 0.3) is 11.8 Å².